The van der Waals surface area contributed by atoms with Crippen molar-refractivity contribution < 1.29 is 19.1 Å². The lowest BCUT2D eigenvalue weighted by molar-refractivity contribution is -0.163. The van der Waals surface area contributed by atoms with E-state index in [1.54, 1.807) is 0 Å². The molecule has 0 aromatic carbocycles. The number of unbranched alkanes of at least 4 members (excludes halogenated alkanes) is 5. The van der Waals surface area contributed by atoms with Crippen molar-refractivity contribution in [1.29, 1.82) is 0 Å². The van der Waals surface area contributed by atoms with Crippen LogP contribution < -0.4 is 0 Å². The summed E-state index contributed by atoms with van der Waals surface area (Å²) in [5.74, 6) is -0.859. The number of halogens is 1. The van der Waals surface area contributed by atoms with Crippen molar-refractivity contribution in [2.24, 2.45) is 17.8 Å². The Morgan fingerprint density at radius 2 is 1.36 bits per heavy atom. The zero-order chi connectivity index (χ0) is 20.2. The highest BCUT2D eigenvalue weighted by Gasteiger charge is 2.38. The van der Waals surface area contributed by atoms with Crippen LogP contribution in [0.1, 0.15) is 96.8 Å². The molecule has 5 heteroatoms. The van der Waals surface area contributed by atoms with Crippen molar-refractivity contribution in [2.75, 3.05) is 13.2 Å². The molecule has 4 atom stereocenters. The van der Waals surface area contributed by atoms with Crippen molar-refractivity contribution in [3.8, 4) is 0 Å². The first-order valence-corrected chi connectivity index (χ1v) is 12.0. The van der Waals surface area contributed by atoms with Gasteiger partial charge in [0.05, 0.1) is 25.0 Å². The Kier molecular flexibility index (Phi) is 11.3. The summed E-state index contributed by atoms with van der Waals surface area (Å²) >= 11 is 6.38. The van der Waals surface area contributed by atoms with Crippen LogP contribution in [-0.2, 0) is 19.1 Å². The lowest BCUT2D eigenvalue weighted by Gasteiger charge is -2.30. The normalized spacial score (nSPS) is 27.9. The van der Waals surface area contributed by atoms with Crippen LogP contribution in [0.4, 0.5) is 0 Å². The maximum Gasteiger partial charge on any atom is 0.309 e. The largest absolute Gasteiger partial charge is 0.465 e. The van der Waals surface area contributed by atoms with Crippen LogP contribution in [0, 0.1) is 17.8 Å². The number of esters is 2. The Morgan fingerprint density at radius 3 is 2.04 bits per heavy atom. The van der Waals surface area contributed by atoms with Gasteiger partial charge in [-0.25, -0.2) is 0 Å². The molecule has 0 N–H and O–H groups in total. The Bertz CT molecular complexity index is 468. The lowest BCUT2D eigenvalue weighted by Crippen LogP contribution is -2.36. The van der Waals surface area contributed by atoms with E-state index in [2.05, 4.69) is 6.92 Å². The zero-order valence-corrected chi connectivity index (χ0v) is 18.4. The van der Waals surface area contributed by atoms with Gasteiger partial charge in [0.2, 0.25) is 0 Å². The predicted molar refractivity (Wildman–Crippen MR) is 112 cm³/mol. The zero-order valence-electron chi connectivity index (χ0n) is 17.6. The predicted octanol–water partition coefficient (Wildman–Crippen LogP) is 6.04. The molecule has 4 unspecified atom stereocenters. The standard InChI is InChI=1S/C23H39ClO4/c1-2-3-4-5-6-11-16-27-22(25)19-13-8-9-14-20(19)23(26)28-17-18-12-7-10-15-21(18)24/h18-21H,2-17H2,1H3. The molecule has 2 fully saturated rings. The summed E-state index contributed by atoms with van der Waals surface area (Å²) in [7, 11) is 0. The molecule has 0 spiro atoms. The SMILES string of the molecule is CCCCCCCCOC(=O)C1CCCCC1C(=O)OCC1CCCCC1Cl. The third-order valence-electron chi connectivity index (χ3n) is 6.37. The Hall–Kier alpha value is -0.770. The topological polar surface area (TPSA) is 52.6 Å². The molecule has 0 amide bonds. The lowest BCUT2D eigenvalue weighted by atomic mass is 9.79. The van der Waals surface area contributed by atoms with E-state index in [-0.39, 0.29) is 35.1 Å². The minimum atomic E-state index is -0.344. The van der Waals surface area contributed by atoms with E-state index in [0.717, 1.165) is 64.2 Å². The number of hydrogen-bond donors (Lipinski definition) is 0. The summed E-state index contributed by atoms with van der Waals surface area (Å²) in [5.41, 5.74) is 0. The Morgan fingerprint density at radius 1 is 0.786 bits per heavy atom. The van der Waals surface area contributed by atoms with Gasteiger partial charge in [-0.3, -0.25) is 9.59 Å². The van der Waals surface area contributed by atoms with Gasteiger partial charge in [0.15, 0.2) is 0 Å². The molecule has 2 aliphatic carbocycles. The van der Waals surface area contributed by atoms with Crippen LogP contribution in [0.3, 0.4) is 0 Å². The maximum atomic E-state index is 12.7. The van der Waals surface area contributed by atoms with Crippen LogP contribution >= 0.6 is 11.6 Å². The van der Waals surface area contributed by atoms with Gasteiger partial charge in [-0.2, -0.15) is 0 Å². The van der Waals surface area contributed by atoms with Crippen molar-refractivity contribution >= 4 is 23.5 Å². The number of carbonyl (C=O) groups excluding carboxylic acids is 2. The third-order valence-corrected chi connectivity index (χ3v) is 6.94. The van der Waals surface area contributed by atoms with E-state index in [9.17, 15) is 9.59 Å². The van der Waals surface area contributed by atoms with E-state index < -0.39 is 0 Å². The van der Waals surface area contributed by atoms with Crippen LogP contribution in [0.25, 0.3) is 0 Å². The van der Waals surface area contributed by atoms with Gasteiger partial charge in [0.1, 0.15) is 0 Å². The number of rotatable bonds is 11. The second-order valence-electron chi connectivity index (χ2n) is 8.62. The third kappa shape index (κ3) is 7.93. The number of alkyl halides is 1. The first-order chi connectivity index (χ1) is 13.6. The van der Waals surface area contributed by atoms with E-state index in [4.69, 9.17) is 21.1 Å². The molecule has 2 aliphatic rings. The average Bonchev–Trinajstić information content (AvgIpc) is 2.72. The minimum Gasteiger partial charge on any atom is -0.465 e. The summed E-state index contributed by atoms with van der Waals surface area (Å²) in [6.45, 7) is 3.07. The first kappa shape index (κ1) is 23.5. The molecule has 2 saturated carbocycles. The molecular formula is C23H39ClO4. The molecule has 0 aromatic heterocycles. The molecule has 162 valence electrons. The molecule has 0 saturated heterocycles. The number of hydrogen-bond acceptors (Lipinski definition) is 4. The Labute approximate surface area is 176 Å². The van der Waals surface area contributed by atoms with Crippen molar-refractivity contribution in [1.82, 2.24) is 0 Å². The van der Waals surface area contributed by atoms with Crippen molar-refractivity contribution in [3.63, 3.8) is 0 Å². The quantitative estimate of drug-likeness (QED) is 0.235. The van der Waals surface area contributed by atoms with Crippen molar-refractivity contribution in [3.05, 3.63) is 0 Å². The van der Waals surface area contributed by atoms with Crippen LogP contribution in [-0.4, -0.2) is 30.5 Å². The van der Waals surface area contributed by atoms with E-state index >= 15 is 0 Å². The van der Waals surface area contributed by atoms with E-state index in [1.165, 1.54) is 25.7 Å². The maximum absolute atomic E-state index is 12.7. The van der Waals surface area contributed by atoms with Gasteiger partial charge >= 0.3 is 11.9 Å². The van der Waals surface area contributed by atoms with Crippen LogP contribution in [0.2, 0.25) is 0 Å². The smallest absolute Gasteiger partial charge is 0.309 e. The fourth-order valence-electron chi connectivity index (χ4n) is 4.50. The molecule has 28 heavy (non-hydrogen) atoms. The van der Waals surface area contributed by atoms with Gasteiger partial charge in [-0.15, -0.1) is 11.6 Å². The van der Waals surface area contributed by atoms with Gasteiger partial charge in [0, 0.05) is 11.3 Å². The highest BCUT2D eigenvalue weighted by atomic mass is 35.5. The summed E-state index contributed by atoms with van der Waals surface area (Å²) < 4.78 is 11.1. The summed E-state index contributed by atoms with van der Waals surface area (Å²) in [6, 6.07) is 0. The van der Waals surface area contributed by atoms with E-state index in [1.807, 2.05) is 0 Å². The monoisotopic (exact) mass is 414 g/mol. The fourth-order valence-corrected chi connectivity index (χ4v) is 4.86. The van der Waals surface area contributed by atoms with Gasteiger partial charge in [0.25, 0.3) is 0 Å². The van der Waals surface area contributed by atoms with Gasteiger partial charge in [-0.05, 0) is 32.1 Å². The Balaban J connectivity index is 1.72. The van der Waals surface area contributed by atoms with Crippen LogP contribution in [0.5, 0.6) is 0 Å². The van der Waals surface area contributed by atoms with Crippen molar-refractivity contribution in [2.45, 2.75) is 102 Å². The molecule has 0 radical (unpaired) electrons. The van der Waals surface area contributed by atoms with Crippen LogP contribution in [0.15, 0.2) is 0 Å². The number of carbonyl (C=O) groups is 2. The minimum absolute atomic E-state index is 0.103. The summed E-state index contributed by atoms with van der Waals surface area (Å²) in [6.07, 6.45) is 14.7. The molecule has 4 nitrogen and oxygen atoms in total. The molecule has 0 heterocycles. The summed E-state index contributed by atoms with van der Waals surface area (Å²) in [4.78, 5) is 25.2. The average molecular weight is 415 g/mol. The summed E-state index contributed by atoms with van der Waals surface area (Å²) in [5, 5.41) is 0.103. The second kappa shape index (κ2) is 13.5. The first-order valence-electron chi connectivity index (χ1n) is 11.6. The van der Waals surface area contributed by atoms with Gasteiger partial charge < -0.3 is 9.47 Å². The van der Waals surface area contributed by atoms with E-state index in [0.29, 0.717) is 13.2 Å². The highest BCUT2D eigenvalue weighted by molar-refractivity contribution is 6.20. The number of ether oxygens (including phenoxy) is 2. The molecular weight excluding hydrogens is 376 g/mol. The van der Waals surface area contributed by atoms with Gasteiger partial charge in [-0.1, -0.05) is 64.7 Å². The molecule has 0 aliphatic heterocycles. The molecule has 2 rings (SSSR count). The fraction of sp³-hybridized carbons (Fsp3) is 0.913. The molecule has 0 bridgehead atoms. The highest BCUT2D eigenvalue weighted by Crippen LogP contribution is 2.33. The second-order valence-corrected chi connectivity index (χ2v) is 9.18. The molecule has 0 aromatic rings.